The van der Waals surface area contributed by atoms with Gasteiger partial charge in [0.15, 0.2) is 0 Å². The first-order valence-electron chi connectivity index (χ1n) is 4.95. The lowest BCUT2D eigenvalue weighted by atomic mass is 9.92. The van der Waals surface area contributed by atoms with Gasteiger partial charge in [0.05, 0.1) is 5.60 Å². The fourth-order valence-corrected chi connectivity index (χ4v) is 2.63. The van der Waals surface area contributed by atoms with E-state index in [0.717, 1.165) is 6.42 Å². The van der Waals surface area contributed by atoms with Crippen molar-refractivity contribution in [2.75, 3.05) is 0 Å². The van der Waals surface area contributed by atoms with Gasteiger partial charge < -0.3 is 10.8 Å². The molecule has 2 unspecified atom stereocenters. The van der Waals surface area contributed by atoms with Crippen LogP contribution in [0.25, 0.3) is 0 Å². The van der Waals surface area contributed by atoms with Crippen LogP contribution in [0, 0.1) is 0 Å². The molecule has 2 nitrogen and oxygen atoms in total. The third-order valence-electron chi connectivity index (χ3n) is 2.96. The summed E-state index contributed by atoms with van der Waals surface area (Å²) in [6.45, 7) is 0. The predicted molar refractivity (Wildman–Crippen MR) is 62.2 cm³/mol. The molecule has 3 N–H and O–H groups in total. The molecule has 15 heavy (non-hydrogen) atoms. The summed E-state index contributed by atoms with van der Waals surface area (Å²) in [7, 11) is 0. The zero-order valence-corrected chi connectivity index (χ0v) is 9.72. The molecule has 1 fully saturated rings. The van der Waals surface area contributed by atoms with E-state index in [0.29, 0.717) is 28.5 Å². The summed E-state index contributed by atoms with van der Waals surface area (Å²) >= 11 is 11.9. The number of halogens is 2. The molecule has 0 aliphatic heterocycles. The summed E-state index contributed by atoms with van der Waals surface area (Å²) in [6, 6.07) is 5.19. The van der Waals surface area contributed by atoms with Gasteiger partial charge in [-0.2, -0.15) is 0 Å². The molecule has 1 aromatic carbocycles. The topological polar surface area (TPSA) is 46.2 Å². The average molecular weight is 246 g/mol. The second kappa shape index (κ2) is 3.95. The molecular weight excluding hydrogens is 233 g/mol. The van der Waals surface area contributed by atoms with Gasteiger partial charge in [0.2, 0.25) is 0 Å². The molecule has 1 aromatic rings. The van der Waals surface area contributed by atoms with Crippen molar-refractivity contribution in [2.45, 2.75) is 30.9 Å². The molecule has 0 heterocycles. The minimum absolute atomic E-state index is 0.0463. The van der Waals surface area contributed by atoms with Crippen molar-refractivity contribution < 1.29 is 5.11 Å². The minimum atomic E-state index is -0.901. The van der Waals surface area contributed by atoms with Crippen LogP contribution >= 0.6 is 23.2 Å². The van der Waals surface area contributed by atoms with Crippen LogP contribution in [-0.2, 0) is 5.60 Å². The molecule has 82 valence electrons. The van der Waals surface area contributed by atoms with Crippen LogP contribution in [-0.4, -0.2) is 11.1 Å². The maximum Gasteiger partial charge on any atom is 0.0926 e. The Bertz CT molecular complexity index is 383. The van der Waals surface area contributed by atoms with E-state index in [1.807, 2.05) is 0 Å². The van der Waals surface area contributed by atoms with Crippen molar-refractivity contribution in [2.24, 2.45) is 5.73 Å². The van der Waals surface area contributed by atoms with Gasteiger partial charge in [-0.1, -0.05) is 23.2 Å². The van der Waals surface area contributed by atoms with E-state index in [2.05, 4.69) is 0 Å². The number of aliphatic hydroxyl groups is 1. The molecule has 0 saturated heterocycles. The Kier molecular flexibility index (Phi) is 2.95. The van der Waals surface area contributed by atoms with Gasteiger partial charge in [0.1, 0.15) is 0 Å². The third kappa shape index (κ3) is 2.13. The maximum absolute atomic E-state index is 10.4. The Labute approximate surface area is 99.0 Å². The SMILES string of the molecule is NC1CCC(O)(c2cc(Cl)ccc2Cl)C1. The molecule has 4 heteroatoms. The molecular formula is C11H13Cl2NO. The van der Waals surface area contributed by atoms with Crippen molar-refractivity contribution in [3.8, 4) is 0 Å². The summed E-state index contributed by atoms with van der Waals surface area (Å²) < 4.78 is 0. The standard InChI is InChI=1S/C11H13Cl2NO/c12-7-1-2-10(13)9(5-7)11(15)4-3-8(14)6-11/h1-2,5,8,15H,3-4,6,14H2. The second-order valence-electron chi connectivity index (χ2n) is 4.16. The van der Waals surface area contributed by atoms with Crippen molar-refractivity contribution in [3.05, 3.63) is 33.8 Å². The van der Waals surface area contributed by atoms with E-state index in [1.54, 1.807) is 18.2 Å². The maximum atomic E-state index is 10.4. The first-order valence-corrected chi connectivity index (χ1v) is 5.70. The molecule has 1 saturated carbocycles. The van der Waals surface area contributed by atoms with Crippen LogP contribution < -0.4 is 5.73 Å². The minimum Gasteiger partial charge on any atom is -0.385 e. The summed E-state index contributed by atoms with van der Waals surface area (Å²) in [4.78, 5) is 0. The first kappa shape index (κ1) is 11.2. The highest BCUT2D eigenvalue weighted by atomic mass is 35.5. The number of hydrogen-bond acceptors (Lipinski definition) is 2. The smallest absolute Gasteiger partial charge is 0.0926 e. The fourth-order valence-electron chi connectivity index (χ4n) is 2.16. The van der Waals surface area contributed by atoms with Crippen molar-refractivity contribution in [1.29, 1.82) is 0 Å². The summed E-state index contributed by atoms with van der Waals surface area (Å²) in [5.41, 5.74) is 5.60. The first-order chi connectivity index (χ1) is 7.01. The molecule has 0 radical (unpaired) electrons. The second-order valence-corrected chi connectivity index (χ2v) is 5.00. The highest BCUT2D eigenvalue weighted by Gasteiger charge is 2.38. The van der Waals surface area contributed by atoms with Crippen molar-refractivity contribution in [1.82, 2.24) is 0 Å². The van der Waals surface area contributed by atoms with Crippen LogP contribution in [0.5, 0.6) is 0 Å². The van der Waals surface area contributed by atoms with E-state index >= 15 is 0 Å². The number of nitrogens with two attached hydrogens (primary N) is 1. The molecule has 0 spiro atoms. The summed E-state index contributed by atoms with van der Waals surface area (Å²) in [6.07, 6.45) is 2.01. The Morgan fingerprint density at radius 3 is 2.73 bits per heavy atom. The fraction of sp³-hybridized carbons (Fsp3) is 0.455. The van der Waals surface area contributed by atoms with Crippen LogP contribution in [0.15, 0.2) is 18.2 Å². The van der Waals surface area contributed by atoms with E-state index in [-0.39, 0.29) is 6.04 Å². The van der Waals surface area contributed by atoms with E-state index in [1.165, 1.54) is 0 Å². The molecule has 0 aromatic heterocycles. The molecule has 0 amide bonds. The summed E-state index contributed by atoms with van der Waals surface area (Å²) in [5.74, 6) is 0. The van der Waals surface area contributed by atoms with Gasteiger partial charge in [-0.05, 0) is 37.5 Å². The predicted octanol–water partition coefficient (Wildman–Crippen LogP) is 2.69. The highest BCUT2D eigenvalue weighted by molar-refractivity contribution is 6.33. The van der Waals surface area contributed by atoms with Crippen molar-refractivity contribution >= 4 is 23.2 Å². The largest absolute Gasteiger partial charge is 0.385 e. The van der Waals surface area contributed by atoms with E-state index in [4.69, 9.17) is 28.9 Å². The van der Waals surface area contributed by atoms with Crippen LogP contribution in [0.2, 0.25) is 10.0 Å². The molecule has 2 rings (SSSR count). The third-order valence-corrected chi connectivity index (χ3v) is 3.52. The van der Waals surface area contributed by atoms with Crippen molar-refractivity contribution in [3.63, 3.8) is 0 Å². The Balaban J connectivity index is 2.40. The Morgan fingerprint density at radius 2 is 2.13 bits per heavy atom. The van der Waals surface area contributed by atoms with Crippen LogP contribution in [0.1, 0.15) is 24.8 Å². The van der Waals surface area contributed by atoms with Crippen LogP contribution in [0.3, 0.4) is 0 Å². The van der Waals surface area contributed by atoms with Gasteiger partial charge in [-0.3, -0.25) is 0 Å². The van der Waals surface area contributed by atoms with E-state index < -0.39 is 5.60 Å². The average Bonchev–Trinajstić information content (AvgIpc) is 2.52. The van der Waals surface area contributed by atoms with Gasteiger partial charge in [0.25, 0.3) is 0 Å². The Hall–Kier alpha value is -0.280. The number of hydrogen-bond donors (Lipinski definition) is 2. The lowest BCUT2D eigenvalue weighted by Crippen LogP contribution is -2.25. The Morgan fingerprint density at radius 1 is 1.40 bits per heavy atom. The number of benzene rings is 1. The van der Waals surface area contributed by atoms with Gasteiger partial charge >= 0.3 is 0 Å². The lowest BCUT2D eigenvalue weighted by Gasteiger charge is -2.24. The normalized spacial score (nSPS) is 30.8. The molecule has 1 aliphatic carbocycles. The van der Waals surface area contributed by atoms with Crippen LogP contribution in [0.4, 0.5) is 0 Å². The lowest BCUT2D eigenvalue weighted by molar-refractivity contribution is 0.0432. The zero-order chi connectivity index (χ0) is 11.1. The van der Waals surface area contributed by atoms with Gasteiger partial charge in [-0.15, -0.1) is 0 Å². The number of rotatable bonds is 1. The highest BCUT2D eigenvalue weighted by Crippen LogP contribution is 2.41. The molecule has 0 bridgehead atoms. The monoisotopic (exact) mass is 245 g/mol. The van der Waals surface area contributed by atoms with E-state index in [9.17, 15) is 5.11 Å². The zero-order valence-electron chi connectivity index (χ0n) is 8.21. The summed E-state index contributed by atoms with van der Waals surface area (Å²) in [5, 5.41) is 11.6. The molecule has 2 atom stereocenters. The van der Waals surface area contributed by atoms with Gasteiger partial charge in [0, 0.05) is 21.7 Å². The quantitative estimate of drug-likeness (QED) is 0.800. The van der Waals surface area contributed by atoms with Gasteiger partial charge in [-0.25, -0.2) is 0 Å². The molecule has 1 aliphatic rings.